The van der Waals surface area contributed by atoms with E-state index < -0.39 is 23.8 Å². The van der Waals surface area contributed by atoms with Crippen molar-refractivity contribution in [3.63, 3.8) is 0 Å². The average Bonchev–Trinajstić information content (AvgIpc) is 2.15. The van der Waals surface area contributed by atoms with E-state index in [9.17, 15) is 14.0 Å². The molecular formula is C8H7FO5. The predicted octanol–water partition coefficient (Wildman–Crippen LogP) is 0.686. The smallest absolute Gasteiger partial charge is 0.371 e. The van der Waals surface area contributed by atoms with E-state index in [1.807, 2.05) is 0 Å². The monoisotopic (exact) mass is 202 g/mol. The van der Waals surface area contributed by atoms with Crippen LogP contribution in [0.3, 0.4) is 0 Å². The van der Waals surface area contributed by atoms with Crippen molar-refractivity contribution in [3.8, 4) is 5.75 Å². The van der Waals surface area contributed by atoms with Gasteiger partial charge in [0.1, 0.15) is 19.5 Å². The number of rotatable bonds is 4. The molecule has 0 radical (unpaired) electrons. The van der Waals surface area contributed by atoms with Crippen LogP contribution >= 0.6 is 0 Å². The van der Waals surface area contributed by atoms with Gasteiger partial charge in [-0.3, -0.25) is 4.79 Å². The van der Waals surface area contributed by atoms with Crippen LogP contribution in [0.4, 0.5) is 4.39 Å². The number of hydrogen-bond acceptors (Lipinski definition) is 4. The van der Waals surface area contributed by atoms with Gasteiger partial charge in [0.2, 0.25) is 16.9 Å². The second kappa shape index (κ2) is 4.40. The number of ether oxygens (including phenoxy) is 1. The second-order valence-electron chi connectivity index (χ2n) is 2.32. The fourth-order valence-electron chi connectivity index (χ4n) is 0.765. The van der Waals surface area contributed by atoms with Gasteiger partial charge in [-0.15, -0.1) is 0 Å². The quantitative estimate of drug-likeness (QED) is 0.777. The Morgan fingerprint density at radius 3 is 2.86 bits per heavy atom. The van der Waals surface area contributed by atoms with Crippen molar-refractivity contribution in [1.29, 1.82) is 0 Å². The summed E-state index contributed by atoms with van der Waals surface area (Å²) >= 11 is 0. The second-order valence-corrected chi connectivity index (χ2v) is 2.32. The molecule has 0 fully saturated rings. The standard InChI is InChI=1S/C8H7FO5/c9-1-2-13-7-4-14-6(8(11)12)3-5(7)10/h3-4H,1-2H2,(H,11,12). The van der Waals surface area contributed by atoms with Gasteiger partial charge in [0.15, 0.2) is 0 Å². The van der Waals surface area contributed by atoms with Crippen LogP contribution in [0.1, 0.15) is 10.6 Å². The molecule has 1 N–H and O–H groups in total. The fraction of sp³-hybridized carbons (Fsp3) is 0.250. The molecule has 0 aliphatic carbocycles. The molecular weight excluding hydrogens is 195 g/mol. The first-order valence-electron chi connectivity index (χ1n) is 3.70. The zero-order chi connectivity index (χ0) is 10.6. The maximum Gasteiger partial charge on any atom is 0.371 e. The van der Waals surface area contributed by atoms with Crippen LogP contribution in [0.5, 0.6) is 5.75 Å². The number of halogens is 1. The predicted molar refractivity (Wildman–Crippen MR) is 43.4 cm³/mol. The molecule has 0 saturated heterocycles. The van der Waals surface area contributed by atoms with Gasteiger partial charge in [-0.05, 0) is 0 Å². The topological polar surface area (TPSA) is 76.7 Å². The van der Waals surface area contributed by atoms with Crippen molar-refractivity contribution in [2.45, 2.75) is 0 Å². The molecule has 0 aliphatic rings. The van der Waals surface area contributed by atoms with Crippen LogP contribution < -0.4 is 10.2 Å². The highest BCUT2D eigenvalue weighted by Gasteiger charge is 2.09. The summed E-state index contributed by atoms with van der Waals surface area (Å²) < 4.78 is 20.9. The Morgan fingerprint density at radius 2 is 2.36 bits per heavy atom. The highest BCUT2D eigenvalue weighted by molar-refractivity contribution is 5.84. The molecule has 0 saturated carbocycles. The highest BCUT2D eigenvalue weighted by Crippen LogP contribution is 2.05. The summed E-state index contributed by atoms with van der Waals surface area (Å²) in [5.74, 6) is -2.03. The van der Waals surface area contributed by atoms with Gasteiger partial charge in [0.25, 0.3) is 0 Å². The van der Waals surface area contributed by atoms with Crippen molar-refractivity contribution in [1.82, 2.24) is 0 Å². The van der Waals surface area contributed by atoms with Crippen molar-refractivity contribution in [3.05, 3.63) is 28.3 Å². The van der Waals surface area contributed by atoms with Gasteiger partial charge in [0, 0.05) is 6.07 Å². The van der Waals surface area contributed by atoms with E-state index in [0.29, 0.717) is 0 Å². The third-order valence-corrected chi connectivity index (χ3v) is 1.34. The molecule has 0 amide bonds. The number of carbonyl (C=O) groups is 1. The fourth-order valence-corrected chi connectivity index (χ4v) is 0.765. The first kappa shape index (κ1) is 10.2. The minimum absolute atomic E-state index is 0.201. The number of hydrogen-bond donors (Lipinski definition) is 1. The maximum atomic E-state index is 11.7. The van der Waals surface area contributed by atoms with Crippen molar-refractivity contribution in [2.24, 2.45) is 0 Å². The number of alkyl halides is 1. The molecule has 1 rings (SSSR count). The molecule has 1 aromatic rings. The van der Waals surface area contributed by atoms with Gasteiger partial charge in [-0.2, -0.15) is 0 Å². The Bertz CT molecular complexity index is 384. The van der Waals surface area contributed by atoms with Crippen molar-refractivity contribution in [2.75, 3.05) is 13.3 Å². The number of carboxylic acids is 1. The van der Waals surface area contributed by atoms with Crippen molar-refractivity contribution >= 4 is 5.97 Å². The molecule has 5 nitrogen and oxygen atoms in total. The Morgan fingerprint density at radius 1 is 1.64 bits per heavy atom. The summed E-state index contributed by atoms with van der Waals surface area (Å²) in [5.41, 5.74) is -0.651. The lowest BCUT2D eigenvalue weighted by molar-refractivity contribution is 0.0658. The largest absolute Gasteiger partial charge is 0.484 e. The van der Waals surface area contributed by atoms with E-state index in [4.69, 9.17) is 5.11 Å². The molecule has 0 bridgehead atoms. The molecule has 0 atom stereocenters. The Kier molecular flexibility index (Phi) is 3.22. The normalized spacial score (nSPS) is 9.79. The summed E-state index contributed by atoms with van der Waals surface area (Å²) in [7, 11) is 0. The molecule has 0 spiro atoms. The van der Waals surface area contributed by atoms with Gasteiger partial charge in [0.05, 0.1) is 0 Å². The van der Waals surface area contributed by atoms with Crippen LogP contribution in [-0.2, 0) is 0 Å². The van der Waals surface area contributed by atoms with Gasteiger partial charge >= 0.3 is 5.97 Å². The van der Waals surface area contributed by atoms with Crippen molar-refractivity contribution < 1.29 is 23.4 Å². The van der Waals surface area contributed by atoms with Crippen LogP contribution in [0.15, 0.2) is 21.5 Å². The molecule has 0 aromatic carbocycles. The van der Waals surface area contributed by atoms with E-state index in [2.05, 4.69) is 9.15 Å². The summed E-state index contributed by atoms with van der Waals surface area (Å²) in [6.07, 6.45) is 0.849. The Labute approximate surface area is 77.7 Å². The van der Waals surface area contributed by atoms with E-state index in [1.54, 1.807) is 0 Å². The third kappa shape index (κ3) is 2.32. The van der Waals surface area contributed by atoms with Crippen LogP contribution in [0.2, 0.25) is 0 Å². The minimum atomic E-state index is -1.35. The van der Waals surface area contributed by atoms with Gasteiger partial charge in [-0.25, -0.2) is 9.18 Å². The van der Waals surface area contributed by atoms with E-state index in [0.717, 1.165) is 12.3 Å². The Balaban J connectivity index is 2.90. The van der Waals surface area contributed by atoms with Gasteiger partial charge in [-0.1, -0.05) is 0 Å². The minimum Gasteiger partial charge on any atom is -0.484 e. The lowest BCUT2D eigenvalue weighted by Gasteiger charge is -2.01. The molecule has 1 aromatic heterocycles. The SMILES string of the molecule is O=C(O)c1cc(=O)c(OCCF)co1. The lowest BCUT2D eigenvalue weighted by atomic mass is 10.4. The summed E-state index contributed by atoms with van der Waals surface area (Å²) in [4.78, 5) is 21.4. The van der Waals surface area contributed by atoms with E-state index in [-0.39, 0.29) is 12.4 Å². The Hall–Kier alpha value is -1.85. The number of carboxylic acid groups (broad SMARTS) is 1. The average molecular weight is 202 g/mol. The summed E-state index contributed by atoms with van der Waals surface area (Å²) in [5, 5.41) is 8.44. The van der Waals surface area contributed by atoms with E-state index >= 15 is 0 Å². The zero-order valence-electron chi connectivity index (χ0n) is 7.03. The first-order chi connectivity index (χ1) is 6.65. The van der Waals surface area contributed by atoms with Crippen LogP contribution in [0.25, 0.3) is 0 Å². The lowest BCUT2D eigenvalue weighted by Crippen LogP contribution is -2.11. The summed E-state index contributed by atoms with van der Waals surface area (Å²) in [6.45, 7) is -1.00. The van der Waals surface area contributed by atoms with Crippen LogP contribution in [-0.4, -0.2) is 24.4 Å². The van der Waals surface area contributed by atoms with E-state index in [1.165, 1.54) is 0 Å². The first-order valence-corrected chi connectivity index (χ1v) is 3.70. The molecule has 6 heteroatoms. The molecule has 0 unspecified atom stereocenters. The maximum absolute atomic E-state index is 11.7. The molecule has 1 heterocycles. The van der Waals surface area contributed by atoms with Crippen LogP contribution in [0, 0.1) is 0 Å². The molecule has 0 aliphatic heterocycles. The third-order valence-electron chi connectivity index (χ3n) is 1.34. The zero-order valence-corrected chi connectivity index (χ0v) is 7.03. The van der Waals surface area contributed by atoms with Gasteiger partial charge < -0.3 is 14.3 Å². The molecule has 76 valence electrons. The highest BCUT2D eigenvalue weighted by atomic mass is 19.1. The summed E-state index contributed by atoms with van der Waals surface area (Å²) in [6, 6.07) is 0.774. The molecule has 14 heavy (non-hydrogen) atoms. The number of aromatic carboxylic acids is 1.